The van der Waals surface area contributed by atoms with Crippen LogP contribution in [0.15, 0.2) is 23.7 Å². The zero-order chi connectivity index (χ0) is 10.3. The number of hydrogen-bond donors (Lipinski definition) is 2. The molecule has 1 heterocycles. The van der Waals surface area contributed by atoms with Crippen molar-refractivity contribution in [2.75, 3.05) is 0 Å². The lowest BCUT2D eigenvalue weighted by Crippen LogP contribution is -1.97. The first-order valence-corrected chi connectivity index (χ1v) is 3.31. The number of carboxylic acid groups (broad SMARTS) is 1. The Kier molecular flexibility index (Phi) is 5.13. The Balaban J connectivity index is 0.000000424. The van der Waals surface area contributed by atoms with E-state index in [-0.39, 0.29) is 10.7 Å². The number of rotatable bonds is 1. The molecular weight excluding hydrogens is 200 g/mol. The van der Waals surface area contributed by atoms with Gasteiger partial charge in [-0.25, -0.2) is 9.78 Å². The highest BCUT2D eigenvalue weighted by Gasteiger charge is 2.06. The SMILES string of the molecule is O=C(O)c1cccnc1Cl.O=NO. The van der Waals surface area contributed by atoms with Crippen molar-refractivity contribution in [1.29, 1.82) is 0 Å². The molecule has 0 aliphatic rings. The van der Waals surface area contributed by atoms with Crippen LogP contribution in [-0.4, -0.2) is 21.3 Å². The molecule has 70 valence electrons. The van der Waals surface area contributed by atoms with Crippen LogP contribution in [0.5, 0.6) is 0 Å². The first-order chi connectivity index (χ1) is 6.13. The highest BCUT2D eigenvalue weighted by molar-refractivity contribution is 6.32. The highest BCUT2D eigenvalue weighted by Crippen LogP contribution is 2.10. The van der Waals surface area contributed by atoms with Crippen LogP contribution in [0.2, 0.25) is 5.15 Å². The molecule has 0 unspecified atom stereocenters. The van der Waals surface area contributed by atoms with E-state index >= 15 is 0 Å². The molecule has 0 aliphatic carbocycles. The average Bonchev–Trinajstić information content (AvgIpc) is 2.06. The zero-order valence-corrected chi connectivity index (χ0v) is 6.97. The summed E-state index contributed by atoms with van der Waals surface area (Å²) in [4.78, 5) is 22.0. The van der Waals surface area contributed by atoms with Crippen molar-refractivity contribution in [3.05, 3.63) is 34.0 Å². The van der Waals surface area contributed by atoms with Crippen LogP contribution in [0.4, 0.5) is 0 Å². The topological polar surface area (TPSA) is 99.8 Å². The van der Waals surface area contributed by atoms with Gasteiger partial charge in [0.15, 0.2) is 5.34 Å². The predicted molar refractivity (Wildman–Crippen MR) is 43.8 cm³/mol. The van der Waals surface area contributed by atoms with E-state index in [0.29, 0.717) is 0 Å². The van der Waals surface area contributed by atoms with Crippen molar-refractivity contribution < 1.29 is 15.1 Å². The van der Waals surface area contributed by atoms with E-state index in [1.54, 1.807) is 0 Å². The number of carbonyl (C=O) groups is 1. The number of aromatic carboxylic acids is 1. The van der Waals surface area contributed by atoms with Gasteiger partial charge in [-0.1, -0.05) is 11.6 Å². The summed E-state index contributed by atoms with van der Waals surface area (Å²) in [6, 6.07) is 2.92. The molecule has 0 radical (unpaired) electrons. The maximum atomic E-state index is 10.3. The van der Waals surface area contributed by atoms with E-state index in [4.69, 9.17) is 26.8 Å². The standard InChI is InChI=1S/C6H4ClNO2.HNO2/c7-5-4(6(9)10)2-1-3-8-5;2-1-3/h1-3H,(H,9,10);(H,2,3). The molecule has 0 amide bonds. The second-order valence-electron chi connectivity index (χ2n) is 1.73. The quantitative estimate of drug-likeness (QED) is 0.411. The van der Waals surface area contributed by atoms with Gasteiger partial charge in [0, 0.05) is 6.20 Å². The van der Waals surface area contributed by atoms with Crippen molar-refractivity contribution in [2.45, 2.75) is 0 Å². The molecule has 0 spiro atoms. The smallest absolute Gasteiger partial charge is 0.338 e. The Morgan fingerprint density at radius 3 is 2.46 bits per heavy atom. The molecule has 0 saturated carbocycles. The fourth-order valence-electron chi connectivity index (χ4n) is 0.546. The number of halogens is 1. The van der Waals surface area contributed by atoms with Crippen molar-refractivity contribution in [3.8, 4) is 0 Å². The van der Waals surface area contributed by atoms with E-state index in [1.165, 1.54) is 23.7 Å². The summed E-state index contributed by atoms with van der Waals surface area (Å²) in [6.07, 6.45) is 1.44. The molecule has 13 heavy (non-hydrogen) atoms. The summed E-state index contributed by atoms with van der Waals surface area (Å²) < 4.78 is 0. The van der Waals surface area contributed by atoms with Crippen LogP contribution in [0, 0.1) is 4.91 Å². The first-order valence-electron chi connectivity index (χ1n) is 2.94. The number of pyridine rings is 1. The minimum atomic E-state index is -1.06. The maximum absolute atomic E-state index is 10.3. The fraction of sp³-hybridized carbons (Fsp3) is 0. The van der Waals surface area contributed by atoms with E-state index in [0.717, 1.165) is 0 Å². The summed E-state index contributed by atoms with van der Waals surface area (Å²) in [7, 11) is 0. The van der Waals surface area contributed by atoms with Gasteiger partial charge in [0.25, 0.3) is 0 Å². The number of carboxylic acids is 1. The second kappa shape index (κ2) is 5.90. The van der Waals surface area contributed by atoms with Gasteiger partial charge in [-0.3, -0.25) is 0 Å². The molecule has 0 saturated heterocycles. The van der Waals surface area contributed by atoms with Gasteiger partial charge in [-0.2, -0.15) is 0 Å². The lowest BCUT2D eigenvalue weighted by Gasteiger charge is -1.93. The Hall–Kier alpha value is -1.69. The van der Waals surface area contributed by atoms with Gasteiger partial charge in [0.05, 0.1) is 5.56 Å². The monoisotopic (exact) mass is 204 g/mol. The van der Waals surface area contributed by atoms with Gasteiger partial charge in [-0.05, 0) is 12.1 Å². The molecular formula is C6H5ClN2O4. The summed E-state index contributed by atoms with van der Waals surface area (Å²) >= 11 is 5.43. The molecule has 0 fully saturated rings. The zero-order valence-electron chi connectivity index (χ0n) is 6.22. The highest BCUT2D eigenvalue weighted by atomic mass is 35.5. The summed E-state index contributed by atoms with van der Waals surface area (Å²) in [5, 5.41) is 16.4. The molecule has 1 aromatic heterocycles. The largest absolute Gasteiger partial charge is 0.478 e. The van der Waals surface area contributed by atoms with Gasteiger partial charge in [-0.15, -0.1) is 4.91 Å². The third-order valence-electron chi connectivity index (χ3n) is 0.989. The van der Waals surface area contributed by atoms with Crippen molar-refractivity contribution in [1.82, 2.24) is 4.98 Å². The normalized spacial score (nSPS) is 8.08. The van der Waals surface area contributed by atoms with Crippen LogP contribution >= 0.6 is 11.6 Å². The molecule has 7 heteroatoms. The van der Waals surface area contributed by atoms with E-state index in [2.05, 4.69) is 4.98 Å². The van der Waals surface area contributed by atoms with Crippen LogP contribution in [0.3, 0.4) is 0 Å². The minimum Gasteiger partial charge on any atom is -0.478 e. The third-order valence-corrected chi connectivity index (χ3v) is 1.29. The summed E-state index contributed by atoms with van der Waals surface area (Å²) in [5.74, 6) is -1.06. The van der Waals surface area contributed by atoms with Crippen LogP contribution in [-0.2, 0) is 0 Å². The molecule has 0 aliphatic heterocycles. The Morgan fingerprint density at radius 2 is 2.15 bits per heavy atom. The van der Waals surface area contributed by atoms with Crippen molar-refractivity contribution in [2.24, 2.45) is 5.34 Å². The Morgan fingerprint density at radius 1 is 1.62 bits per heavy atom. The first kappa shape index (κ1) is 11.3. The van der Waals surface area contributed by atoms with Crippen molar-refractivity contribution in [3.63, 3.8) is 0 Å². The molecule has 0 bridgehead atoms. The fourth-order valence-corrected chi connectivity index (χ4v) is 0.746. The van der Waals surface area contributed by atoms with Crippen LogP contribution < -0.4 is 0 Å². The third kappa shape index (κ3) is 4.02. The van der Waals surface area contributed by atoms with Gasteiger partial charge in [0.1, 0.15) is 5.15 Å². The average molecular weight is 205 g/mol. The van der Waals surface area contributed by atoms with Crippen LogP contribution in [0.1, 0.15) is 10.4 Å². The molecule has 6 nitrogen and oxygen atoms in total. The van der Waals surface area contributed by atoms with Gasteiger partial charge < -0.3 is 10.3 Å². The van der Waals surface area contributed by atoms with Gasteiger partial charge in [0.2, 0.25) is 0 Å². The maximum Gasteiger partial charge on any atom is 0.338 e. The minimum absolute atomic E-state index is 0.0231. The lowest BCUT2D eigenvalue weighted by molar-refractivity contribution is 0.0696. The lowest BCUT2D eigenvalue weighted by atomic mass is 10.3. The van der Waals surface area contributed by atoms with E-state index in [1.807, 2.05) is 0 Å². The molecule has 1 rings (SSSR count). The second-order valence-corrected chi connectivity index (χ2v) is 2.09. The number of hydrogen-bond acceptors (Lipinski definition) is 4. The molecule has 0 atom stereocenters. The van der Waals surface area contributed by atoms with E-state index in [9.17, 15) is 4.79 Å². The van der Waals surface area contributed by atoms with Crippen LogP contribution in [0.25, 0.3) is 0 Å². The molecule has 2 N–H and O–H groups in total. The number of aromatic nitrogens is 1. The predicted octanol–water partition coefficient (Wildman–Crippen LogP) is 1.58. The molecule has 0 aromatic carbocycles. The molecule has 1 aromatic rings. The Labute approximate surface area is 77.7 Å². The number of nitrogens with zero attached hydrogens (tertiary/aromatic N) is 2. The summed E-state index contributed by atoms with van der Waals surface area (Å²) in [6.45, 7) is 0. The van der Waals surface area contributed by atoms with E-state index < -0.39 is 5.97 Å². The summed E-state index contributed by atoms with van der Waals surface area (Å²) in [5.41, 5.74) is 0.0316. The van der Waals surface area contributed by atoms with Crippen molar-refractivity contribution >= 4 is 17.6 Å². The Bertz CT molecular complexity index is 304. The van der Waals surface area contributed by atoms with Gasteiger partial charge >= 0.3 is 5.97 Å².